The Morgan fingerprint density at radius 2 is 2.30 bits per heavy atom. The van der Waals surface area contributed by atoms with E-state index in [1.165, 1.54) is 0 Å². The third-order valence-electron chi connectivity index (χ3n) is 3.17. The smallest absolute Gasteiger partial charge is 0.244 e. The highest BCUT2D eigenvalue weighted by molar-refractivity contribution is 9.10. The second-order valence-electron chi connectivity index (χ2n) is 4.90. The molecule has 0 spiro atoms. The van der Waals surface area contributed by atoms with Gasteiger partial charge in [-0.3, -0.25) is 0 Å². The molecule has 20 heavy (non-hydrogen) atoms. The number of likely N-dealkylation sites (N-methyl/N-ethyl adjacent to an activating group) is 1. The van der Waals surface area contributed by atoms with Crippen LogP contribution in [0, 0.1) is 0 Å². The minimum atomic E-state index is -3.57. The molecular formula is C12H19BrN4O2S. The van der Waals surface area contributed by atoms with Crippen molar-refractivity contribution in [3.63, 3.8) is 0 Å². The molecular weight excluding hydrogens is 344 g/mol. The number of rotatable bonds is 5. The number of likely N-dealkylation sites (tertiary alicyclic amines) is 1. The average Bonchev–Trinajstić information content (AvgIpc) is 2.76. The third kappa shape index (κ3) is 3.69. The lowest BCUT2D eigenvalue weighted by molar-refractivity contribution is 0.407. The summed E-state index contributed by atoms with van der Waals surface area (Å²) in [6.45, 7) is 4.16. The first kappa shape index (κ1) is 15.7. The lowest BCUT2D eigenvalue weighted by Gasteiger charge is -2.15. The Morgan fingerprint density at radius 1 is 1.55 bits per heavy atom. The Bertz CT molecular complexity index is 579. The summed E-state index contributed by atoms with van der Waals surface area (Å²) in [5.74, 6) is 0.384. The molecule has 1 aliphatic heterocycles. The monoisotopic (exact) mass is 362 g/mol. The third-order valence-corrected chi connectivity index (χ3v) is 5.13. The highest BCUT2D eigenvalue weighted by atomic mass is 79.9. The van der Waals surface area contributed by atoms with Crippen molar-refractivity contribution in [2.45, 2.75) is 24.3 Å². The molecule has 2 N–H and O–H groups in total. The normalized spacial score (nSPS) is 20.2. The molecule has 1 saturated heterocycles. The quantitative estimate of drug-likeness (QED) is 0.824. The number of aromatic nitrogens is 1. The minimum Gasteiger partial charge on any atom is -0.369 e. The molecule has 1 atom stereocenters. The fourth-order valence-corrected chi connectivity index (χ4v) is 4.14. The van der Waals surface area contributed by atoms with E-state index in [9.17, 15) is 8.42 Å². The maximum atomic E-state index is 12.5. The average molecular weight is 363 g/mol. The number of sulfonamides is 1. The molecule has 0 bridgehead atoms. The van der Waals surface area contributed by atoms with E-state index in [0.717, 1.165) is 19.5 Å². The van der Waals surface area contributed by atoms with Gasteiger partial charge in [-0.05, 0) is 48.9 Å². The number of anilines is 1. The maximum Gasteiger partial charge on any atom is 0.244 e. The highest BCUT2D eigenvalue weighted by Gasteiger charge is 2.27. The fraction of sp³-hybridized carbons (Fsp3) is 0.583. The summed E-state index contributed by atoms with van der Waals surface area (Å²) in [5, 5.41) is 2.98. The van der Waals surface area contributed by atoms with E-state index in [-0.39, 0.29) is 10.9 Å². The molecule has 0 saturated carbocycles. The van der Waals surface area contributed by atoms with Crippen LogP contribution in [0.4, 0.5) is 5.82 Å². The lowest BCUT2D eigenvalue weighted by atomic mass is 10.3. The Kier molecular flexibility index (Phi) is 5.00. The number of pyridine rings is 1. The van der Waals surface area contributed by atoms with Crippen molar-refractivity contribution in [1.82, 2.24) is 14.6 Å². The van der Waals surface area contributed by atoms with Crippen molar-refractivity contribution >= 4 is 31.8 Å². The molecule has 0 radical (unpaired) electrons. The topological polar surface area (TPSA) is 74.3 Å². The van der Waals surface area contributed by atoms with E-state index >= 15 is 0 Å². The molecule has 8 heteroatoms. The van der Waals surface area contributed by atoms with Crippen LogP contribution in [0.25, 0.3) is 0 Å². The van der Waals surface area contributed by atoms with E-state index in [1.807, 2.05) is 14.0 Å². The molecule has 1 aliphatic rings. The largest absolute Gasteiger partial charge is 0.369 e. The molecule has 1 unspecified atom stereocenters. The van der Waals surface area contributed by atoms with Gasteiger partial charge in [-0.2, -0.15) is 0 Å². The Labute approximate surface area is 128 Å². The van der Waals surface area contributed by atoms with Crippen LogP contribution in [0.3, 0.4) is 0 Å². The summed E-state index contributed by atoms with van der Waals surface area (Å²) < 4.78 is 28.4. The van der Waals surface area contributed by atoms with Crippen LogP contribution < -0.4 is 10.0 Å². The number of nitrogens with zero attached hydrogens (tertiary/aromatic N) is 2. The summed E-state index contributed by atoms with van der Waals surface area (Å²) in [4.78, 5) is 6.43. The second kappa shape index (κ2) is 6.38. The lowest BCUT2D eigenvalue weighted by Crippen LogP contribution is -2.36. The zero-order chi connectivity index (χ0) is 14.8. The standard InChI is InChI=1S/C12H19BrN4O2S/c1-3-14-12-11(6-9(13)7-15-12)20(18,19)16-10-4-5-17(2)8-10/h6-7,10,16H,3-5,8H2,1-2H3,(H,14,15). The van der Waals surface area contributed by atoms with Crippen LogP contribution in [-0.4, -0.2) is 51.0 Å². The van der Waals surface area contributed by atoms with Crippen molar-refractivity contribution in [3.05, 3.63) is 16.7 Å². The van der Waals surface area contributed by atoms with Gasteiger partial charge in [0, 0.05) is 29.8 Å². The van der Waals surface area contributed by atoms with Crippen LogP contribution in [-0.2, 0) is 10.0 Å². The summed E-state index contributed by atoms with van der Waals surface area (Å²) in [5.41, 5.74) is 0. The molecule has 112 valence electrons. The van der Waals surface area contributed by atoms with Gasteiger partial charge in [0.2, 0.25) is 10.0 Å². The summed E-state index contributed by atoms with van der Waals surface area (Å²) >= 11 is 3.27. The molecule has 0 aromatic carbocycles. The fourth-order valence-electron chi connectivity index (χ4n) is 2.24. The van der Waals surface area contributed by atoms with Crippen LogP contribution in [0.15, 0.2) is 21.6 Å². The van der Waals surface area contributed by atoms with Gasteiger partial charge in [-0.1, -0.05) is 0 Å². The van der Waals surface area contributed by atoms with Crippen molar-refractivity contribution < 1.29 is 8.42 Å². The van der Waals surface area contributed by atoms with Crippen LogP contribution >= 0.6 is 15.9 Å². The van der Waals surface area contributed by atoms with E-state index < -0.39 is 10.0 Å². The molecule has 2 heterocycles. The summed E-state index contributed by atoms with van der Waals surface area (Å²) in [6, 6.07) is 1.53. The summed E-state index contributed by atoms with van der Waals surface area (Å²) in [7, 11) is -1.59. The van der Waals surface area contributed by atoms with Crippen molar-refractivity contribution in [2.24, 2.45) is 0 Å². The summed E-state index contributed by atoms with van der Waals surface area (Å²) in [6.07, 6.45) is 2.41. The molecule has 1 aromatic heterocycles. The highest BCUT2D eigenvalue weighted by Crippen LogP contribution is 2.23. The molecule has 2 rings (SSSR count). The maximum absolute atomic E-state index is 12.5. The Hall–Kier alpha value is -0.700. The van der Waals surface area contributed by atoms with Crippen molar-refractivity contribution in [3.8, 4) is 0 Å². The first-order valence-electron chi connectivity index (χ1n) is 6.52. The van der Waals surface area contributed by atoms with Crippen LogP contribution in [0.5, 0.6) is 0 Å². The number of halogens is 1. The molecule has 0 amide bonds. The van der Waals surface area contributed by atoms with Crippen molar-refractivity contribution in [1.29, 1.82) is 0 Å². The van der Waals surface area contributed by atoms with E-state index in [1.54, 1.807) is 12.3 Å². The molecule has 1 fully saturated rings. The predicted molar refractivity (Wildman–Crippen MR) is 82.3 cm³/mol. The molecule has 0 aliphatic carbocycles. The van der Waals surface area contributed by atoms with Crippen molar-refractivity contribution in [2.75, 3.05) is 32.0 Å². The van der Waals surface area contributed by atoms with Gasteiger partial charge in [0.25, 0.3) is 0 Å². The van der Waals surface area contributed by atoms with Gasteiger partial charge < -0.3 is 10.2 Å². The second-order valence-corrected chi connectivity index (χ2v) is 7.50. The van der Waals surface area contributed by atoms with Crippen LogP contribution in [0.2, 0.25) is 0 Å². The van der Waals surface area contributed by atoms with E-state index in [0.29, 0.717) is 16.8 Å². The van der Waals surface area contributed by atoms with Gasteiger partial charge in [-0.25, -0.2) is 18.1 Å². The first-order chi connectivity index (χ1) is 9.42. The van der Waals surface area contributed by atoms with E-state index in [4.69, 9.17) is 0 Å². The van der Waals surface area contributed by atoms with Crippen LogP contribution in [0.1, 0.15) is 13.3 Å². The van der Waals surface area contributed by atoms with Gasteiger partial charge in [-0.15, -0.1) is 0 Å². The minimum absolute atomic E-state index is 0.0431. The Morgan fingerprint density at radius 3 is 2.90 bits per heavy atom. The molecule has 1 aromatic rings. The Balaban J connectivity index is 2.26. The molecule has 6 nitrogen and oxygen atoms in total. The zero-order valence-electron chi connectivity index (χ0n) is 11.6. The van der Waals surface area contributed by atoms with E-state index in [2.05, 4.69) is 35.9 Å². The number of hydrogen-bond acceptors (Lipinski definition) is 5. The van der Waals surface area contributed by atoms with Gasteiger partial charge in [0.15, 0.2) is 0 Å². The predicted octanol–water partition coefficient (Wildman–Crippen LogP) is 1.26. The number of nitrogens with one attached hydrogen (secondary N) is 2. The first-order valence-corrected chi connectivity index (χ1v) is 8.80. The number of hydrogen-bond donors (Lipinski definition) is 2. The van der Waals surface area contributed by atoms with Gasteiger partial charge >= 0.3 is 0 Å². The van der Waals surface area contributed by atoms with Gasteiger partial charge in [0.1, 0.15) is 10.7 Å². The van der Waals surface area contributed by atoms with Gasteiger partial charge in [0.05, 0.1) is 0 Å². The zero-order valence-corrected chi connectivity index (χ0v) is 14.0. The SMILES string of the molecule is CCNc1ncc(Br)cc1S(=O)(=O)NC1CCN(C)C1.